The van der Waals surface area contributed by atoms with Crippen LogP contribution < -0.4 is 4.72 Å². The van der Waals surface area contributed by atoms with E-state index in [-0.39, 0.29) is 11.4 Å². The van der Waals surface area contributed by atoms with E-state index in [4.69, 9.17) is 4.52 Å². The van der Waals surface area contributed by atoms with E-state index < -0.39 is 10.0 Å². The van der Waals surface area contributed by atoms with Gasteiger partial charge in [-0.1, -0.05) is 36.3 Å². The minimum Gasteiger partial charge on any atom is -0.336 e. The fourth-order valence-corrected chi connectivity index (χ4v) is 4.64. The fraction of sp³-hybridized carbons (Fsp3) is 0.429. The van der Waals surface area contributed by atoms with Gasteiger partial charge < -0.3 is 4.52 Å². The summed E-state index contributed by atoms with van der Waals surface area (Å²) in [6, 6.07) is 9.65. The lowest BCUT2D eigenvalue weighted by Gasteiger charge is -2.30. The molecule has 0 amide bonds. The molecule has 29 heavy (non-hydrogen) atoms. The van der Waals surface area contributed by atoms with Crippen LogP contribution in [0.25, 0.3) is 11.1 Å². The number of fused-ring (bicyclic) bond motifs is 1. The maximum Gasteiger partial charge on any atom is 0.257 e. The lowest BCUT2D eigenvalue weighted by atomic mass is 9.98. The third-order valence-corrected chi connectivity index (χ3v) is 6.90. The zero-order valence-electron chi connectivity index (χ0n) is 16.8. The summed E-state index contributed by atoms with van der Waals surface area (Å²) in [5.41, 5.74) is 3.09. The number of piperidine rings is 1. The van der Waals surface area contributed by atoms with Crippen molar-refractivity contribution in [1.29, 1.82) is 0 Å². The largest absolute Gasteiger partial charge is 0.336 e. The Bertz CT molecular complexity index is 1100. The summed E-state index contributed by atoms with van der Waals surface area (Å²) in [4.78, 5) is 6.62. The molecule has 7 nitrogen and oxygen atoms in total. The SMILES string of the molecule is Cc1noc2ncc(S(=O)(=O)NCc3cccc(CN4CCC(C)CC4)c3)cc12. The molecule has 3 heterocycles. The smallest absolute Gasteiger partial charge is 0.257 e. The minimum absolute atomic E-state index is 0.106. The number of sulfonamides is 1. The van der Waals surface area contributed by atoms with Crippen LogP contribution in [0.4, 0.5) is 0 Å². The molecule has 1 aliphatic rings. The Kier molecular flexibility index (Phi) is 5.67. The third-order valence-electron chi connectivity index (χ3n) is 5.54. The maximum absolute atomic E-state index is 12.7. The standard InChI is InChI=1S/C21H26N4O3S/c1-15-6-8-25(9-7-15)14-18-5-3-4-17(10-18)12-23-29(26,27)19-11-20-16(2)24-28-21(20)22-13-19/h3-5,10-11,13,15,23H,6-9,12,14H2,1-2H3. The van der Waals surface area contributed by atoms with Gasteiger partial charge >= 0.3 is 0 Å². The van der Waals surface area contributed by atoms with E-state index in [0.29, 0.717) is 16.8 Å². The summed E-state index contributed by atoms with van der Waals surface area (Å²) in [5.74, 6) is 0.808. The van der Waals surface area contributed by atoms with Gasteiger partial charge in [-0.05, 0) is 56.0 Å². The number of hydrogen-bond acceptors (Lipinski definition) is 6. The molecule has 0 radical (unpaired) electrons. The highest BCUT2D eigenvalue weighted by atomic mass is 32.2. The summed E-state index contributed by atoms with van der Waals surface area (Å²) < 4.78 is 33.1. The molecule has 2 aromatic heterocycles. The molecule has 154 valence electrons. The first-order chi connectivity index (χ1) is 13.9. The van der Waals surface area contributed by atoms with Crippen molar-refractivity contribution >= 4 is 21.1 Å². The van der Waals surface area contributed by atoms with E-state index in [1.165, 1.54) is 24.6 Å². The van der Waals surface area contributed by atoms with Crippen molar-refractivity contribution in [2.24, 2.45) is 5.92 Å². The van der Waals surface area contributed by atoms with Crippen molar-refractivity contribution in [2.75, 3.05) is 13.1 Å². The van der Waals surface area contributed by atoms with Crippen LogP contribution in [0.5, 0.6) is 0 Å². The van der Waals surface area contributed by atoms with E-state index >= 15 is 0 Å². The van der Waals surface area contributed by atoms with Crippen LogP contribution in [-0.4, -0.2) is 36.5 Å². The molecule has 1 aliphatic heterocycles. The first-order valence-electron chi connectivity index (χ1n) is 9.92. The normalized spacial score (nSPS) is 16.5. The van der Waals surface area contributed by atoms with Crippen molar-refractivity contribution in [3.05, 3.63) is 53.3 Å². The summed E-state index contributed by atoms with van der Waals surface area (Å²) in [6.45, 7) is 7.44. The van der Waals surface area contributed by atoms with Crippen LogP contribution in [0, 0.1) is 12.8 Å². The van der Waals surface area contributed by atoms with Crippen LogP contribution in [0.3, 0.4) is 0 Å². The van der Waals surface area contributed by atoms with Crippen molar-refractivity contribution in [3.8, 4) is 0 Å². The van der Waals surface area contributed by atoms with Gasteiger partial charge in [0.1, 0.15) is 4.90 Å². The van der Waals surface area contributed by atoms with Crippen molar-refractivity contribution < 1.29 is 12.9 Å². The second-order valence-corrected chi connectivity index (χ2v) is 9.66. The molecule has 1 saturated heterocycles. The fourth-order valence-electron chi connectivity index (χ4n) is 3.65. The highest BCUT2D eigenvalue weighted by molar-refractivity contribution is 7.89. The molecular weight excluding hydrogens is 388 g/mol. The number of benzene rings is 1. The van der Waals surface area contributed by atoms with E-state index in [9.17, 15) is 8.42 Å². The predicted molar refractivity (Wildman–Crippen MR) is 111 cm³/mol. The average Bonchev–Trinajstić information content (AvgIpc) is 3.09. The molecule has 1 aromatic carbocycles. The number of pyridine rings is 1. The first-order valence-corrected chi connectivity index (χ1v) is 11.4. The number of nitrogens with zero attached hydrogens (tertiary/aromatic N) is 3. The molecule has 0 atom stereocenters. The zero-order chi connectivity index (χ0) is 20.4. The van der Waals surface area contributed by atoms with Gasteiger partial charge in [-0.25, -0.2) is 18.1 Å². The molecule has 0 saturated carbocycles. The van der Waals surface area contributed by atoms with Crippen LogP contribution in [0.15, 0.2) is 45.9 Å². The van der Waals surface area contributed by atoms with Crippen LogP contribution in [0.1, 0.15) is 36.6 Å². The molecule has 1 fully saturated rings. The maximum atomic E-state index is 12.7. The van der Waals surface area contributed by atoms with Gasteiger partial charge in [-0.3, -0.25) is 4.90 Å². The average molecular weight is 415 g/mol. The van der Waals surface area contributed by atoms with Gasteiger partial charge in [0.15, 0.2) is 0 Å². The monoisotopic (exact) mass is 414 g/mol. The number of nitrogens with one attached hydrogen (secondary N) is 1. The van der Waals surface area contributed by atoms with Gasteiger partial charge in [-0.2, -0.15) is 0 Å². The highest BCUT2D eigenvalue weighted by Crippen LogP contribution is 2.21. The van der Waals surface area contributed by atoms with E-state index in [1.807, 2.05) is 12.1 Å². The van der Waals surface area contributed by atoms with Crippen molar-refractivity contribution in [3.63, 3.8) is 0 Å². The second-order valence-electron chi connectivity index (χ2n) is 7.89. The lowest BCUT2D eigenvalue weighted by Crippen LogP contribution is -2.32. The van der Waals surface area contributed by atoms with Gasteiger partial charge in [0.2, 0.25) is 10.0 Å². The van der Waals surface area contributed by atoms with Crippen molar-refractivity contribution in [2.45, 2.75) is 44.7 Å². The minimum atomic E-state index is -3.68. The Labute approximate surface area is 171 Å². The van der Waals surface area contributed by atoms with E-state index in [0.717, 1.165) is 31.1 Å². The molecule has 3 aromatic rings. The van der Waals surface area contributed by atoms with Crippen LogP contribution >= 0.6 is 0 Å². The summed E-state index contributed by atoms with van der Waals surface area (Å²) >= 11 is 0. The van der Waals surface area contributed by atoms with Crippen molar-refractivity contribution in [1.82, 2.24) is 19.8 Å². The summed E-state index contributed by atoms with van der Waals surface area (Å²) in [5, 5.41) is 4.42. The van der Waals surface area contributed by atoms with E-state index in [1.54, 1.807) is 13.0 Å². The lowest BCUT2D eigenvalue weighted by molar-refractivity contribution is 0.185. The number of rotatable bonds is 6. The number of hydrogen-bond donors (Lipinski definition) is 1. The van der Waals surface area contributed by atoms with Gasteiger partial charge in [-0.15, -0.1) is 0 Å². The molecule has 4 rings (SSSR count). The molecular formula is C21H26N4O3S. The predicted octanol–water partition coefficient (Wildman–Crippen LogP) is 3.24. The van der Waals surface area contributed by atoms with Gasteiger partial charge in [0.25, 0.3) is 5.71 Å². The summed E-state index contributed by atoms with van der Waals surface area (Å²) in [7, 11) is -3.68. The second kappa shape index (κ2) is 8.22. The first kappa shape index (κ1) is 20.0. The molecule has 0 spiro atoms. The Hall–Kier alpha value is -2.29. The van der Waals surface area contributed by atoms with Crippen LogP contribution in [-0.2, 0) is 23.1 Å². The molecule has 1 N–H and O–H groups in total. The molecule has 0 bridgehead atoms. The van der Waals surface area contributed by atoms with Gasteiger partial charge in [0.05, 0.1) is 17.3 Å². The Morgan fingerprint density at radius 3 is 2.76 bits per heavy atom. The summed E-state index contributed by atoms with van der Waals surface area (Å²) in [6.07, 6.45) is 3.77. The Morgan fingerprint density at radius 2 is 1.97 bits per heavy atom. The highest BCUT2D eigenvalue weighted by Gasteiger charge is 2.18. The molecule has 8 heteroatoms. The van der Waals surface area contributed by atoms with E-state index in [2.05, 4.69) is 38.8 Å². The topological polar surface area (TPSA) is 88.3 Å². The molecule has 0 unspecified atom stereocenters. The molecule has 0 aliphatic carbocycles. The zero-order valence-corrected chi connectivity index (χ0v) is 17.6. The third kappa shape index (κ3) is 4.66. The number of aryl methyl sites for hydroxylation is 1. The Balaban J connectivity index is 1.43. The number of aromatic nitrogens is 2. The number of likely N-dealkylation sites (tertiary alicyclic amines) is 1. The van der Waals surface area contributed by atoms with Gasteiger partial charge in [0, 0.05) is 13.1 Å². The Morgan fingerprint density at radius 1 is 1.21 bits per heavy atom. The van der Waals surface area contributed by atoms with Crippen LogP contribution in [0.2, 0.25) is 0 Å². The quantitative estimate of drug-likeness (QED) is 0.666.